The Morgan fingerprint density at radius 2 is 2.17 bits per heavy atom. The summed E-state index contributed by atoms with van der Waals surface area (Å²) in [6, 6.07) is 7.93. The van der Waals surface area contributed by atoms with E-state index >= 15 is 0 Å². The topological polar surface area (TPSA) is 58.7 Å². The molecular formula is C13H11N3OS. The van der Waals surface area contributed by atoms with Gasteiger partial charge in [0.15, 0.2) is 0 Å². The summed E-state index contributed by atoms with van der Waals surface area (Å²) in [5, 5.41) is 0. The van der Waals surface area contributed by atoms with Crippen molar-refractivity contribution < 1.29 is 4.79 Å². The van der Waals surface area contributed by atoms with Crippen molar-refractivity contribution in [1.29, 1.82) is 0 Å². The molecule has 4 nitrogen and oxygen atoms in total. The van der Waals surface area contributed by atoms with E-state index in [0.717, 1.165) is 16.3 Å². The lowest BCUT2D eigenvalue weighted by Crippen LogP contribution is -2.27. The Balaban J connectivity index is 1.98. The van der Waals surface area contributed by atoms with Gasteiger partial charge in [0.2, 0.25) is 5.91 Å². The monoisotopic (exact) mass is 257 g/mol. The third-order valence-corrected chi connectivity index (χ3v) is 3.89. The van der Waals surface area contributed by atoms with Gasteiger partial charge >= 0.3 is 0 Å². The zero-order valence-corrected chi connectivity index (χ0v) is 10.4. The van der Waals surface area contributed by atoms with E-state index in [2.05, 4.69) is 4.99 Å². The number of amides is 1. The second kappa shape index (κ2) is 4.34. The Labute approximate surface area is 109 Å². The Morgan fingerprint density at radius 1 is 1.33 bits per heavy atom. The molecule has 0 fully saturated rings. The number of nitrogens with zero attached hydrogens (tertiary/aromatic N) is 2. The highest BCUT2D eigenvalue weighted by Crippen LogP contribution is 2.37. The van der Waals surface area contributed by atoms with Gasteiger partial charge in [0.05, 0.1) is 29.0 Å². The van der Waals surface area contributed by atoms with Crippen LogP contribution in [0.15, 0.2) is 57.6 Å². The number of allylic oxidation sites excluding steroid dienone is 3. The normalized spacial score (nSPS) is 17.2. The maximum atomic E-state index is 11.2. The van der Waals surface area contributed by atoms with E-state index in [9.17, 15) is 4.79 Å². The van der Waals surface area contributed by atoms with Gasteiger partial charge < -0.3 is 10.0 Å². The van der Waals surface area contributed by atoms with E-state index < -0.39 is 0 Å². The summed E-state index contributed by atoms with van der Waals surface area (Å²) in [5.74, 6) is -0.375. The second-order valence-corrected chi connectivity index (χ2v) is 5.06. The van der Waals surface area contributed by atoms with Crippen LogP contribution in [0.1, 0.15) is 0 Å². The maximum Gasteiger partial charge on any atom is 0.246 e. The summed E-state index contributed by atoms with van der Waals surface area (Å²) in [6.45, 7) is 0.506. The minimum Gasteiger partial charge on any atom is -0.366 e. The summed E-state index contributed by atoms with van der Waals surface area (Å²) in [5.41, 5.74) is 7.84. The maximum absolute atomic E-state index is 11.2. The van der Waals surface area contributed by atoms with Gasteiger partial charge in [-0.25, -0.2) is 0 Å². The number of hydrogen-bond acceptors (Lipinski definition) is 4. The van der Waals surface area contributed by atoms with E-state index in [1.807, 2.05) is 40.9 Å². The molecule has 90 valence electrons. The number of aliphatic imine (C=N–C) groups is 1. The SMILES string of the molecule is NC(=O)C1=CC=C2C=Nc3ccccc3SN2C1. The van der Waals surface area contributed by atoms with E-state index in [4.69, 9.17) is 5.73 Å². The van der Waals surface area contributed by atoms with Gasteiger partial charge in [0.1, 0.15) is 0 Å². The Morgan fingerprint density at radius 3 is 3.00 bits per heavy atom. The molecule has 1 aromatic carbocycles. The molecule has 0 unspecified atom stereocenters. The molecule has 3 rings (SSSR count). The number of benzene rings is 1. The summed E-state index contributed by atoms with van der Waals surface area (Å²) < 4.78 is 2.02. The van der Waals surface area contributed by atoms with Crippen LogP contribution in [0.25, 0.3) is 0 Å². The van der Waals surface area contributed by atoms with Gasteiger partial charge in [-0.2, -0.15) is 0 Å². The lowest BCUT2D eigenvalue weighted by Gasteiger charge is -2.25. The highest BCUT2D eigenvalue weighted by atomic mass is 32.2. The molecule has 0 bridgehead atoms. The molecule has 0 spiro atoms. The molecule has 2 N–H and O–H groups in total. The number of primary amides is 1. The van der Waals surface area contributed by atoms with Crippen LogP contribution in [-0.4, -0.2) is 23.0 Å². The fourth-order valence-electron chi connectivity index (χ4n) is 1.82. The van der Waals surface area contributed by atoms with Gasteiger partial charge in [0, 0.05) is 5.57 Å². The number of carbonyl (C=O) groups excluding carboxylic acids is 1. The standard InChI is InChI=1S/C13H11N3OS/c14-13(17)9-5-6-10-7-15-11-3-1-2-4-12(11)18-16(10)8-9/h1-7H,8H2,(H2,14,17). The van der Waals surface area contributed by atoms with Crippen molar-refractivity contribution in [1.82, 2.24) is 4.31 Å². The molecule has 0 radical (unpaired) electrons. The van der Waals surface area contributed by atoms with Crippen LogP contribution in [0, 0.1) is 0 Å². The molecule has 0 saturated heterocycles. The van der Waals surface area contributed by atoms with Crippen molar-refractivity contribution in [3.05, 3.63) is 47.7 Å². The fraction of sp³-hybridized carbons (Fsp3) is 0.0769. The van der Waals surface area contributed by atoms with Crippen LogP contribution in [0.3, 0.4) is 0 Å². The molecule has 0 saturated carbocycles. The summed E-state index contributed by atoms with van der Waals surface area (Å²) in [7, 11) is 0. The molecule has 2 heterocycles. The number of para-hydroxylation sites is 1. The third kappa shape index (κ3) is 1.93. The Hall–Kier alpha value is -2.01. The molecule has 18 heavy (non-hydrogen) atoms. The fourth-order valence-corrected chi connectivity index (χ4v) is 2.82. The second-order valence-electron chi connectivity index (χ2n) is 4.00. The Bertz CT molecular complexity index is 604. The predicted octanol–water partition coefficient (Wildman–Crippen LogP) is 2.02. The molecule has 1 amide bonds. The Kier molecular flexibility index (Phi) is 2.68. The van der Waals surface area contributed by atoms with E-state index in [1.54, 1.807) is 18.0 Å². The number of fused-ring (bicyclic) bond motifs is 2. The first kappa shape index (κ1) is 11.1. The van der Waals surface area contributed by atoms with Crippen LogP contribution >= 0.6 is 11.9 Å². The van der Waals surface area contributed by atoms with E-state index in [1.165, 1.54) is 0 Å². The van der Waals surface area contributed by atoms with Gasteiger partial charge in [-0.3, -0.25) is 9.79 Å². The quantitative estimate of drug-likeness (QED) is 0.783. The molecule has 0 aliphatic carbocycles. The number of rotatable bonds is 1. The van der Waals surface area contributed by atoms with Crippen molar-refractivity contribution in [3.63, 3.8) is 0 Å². The van der Waals surface area contributed by atoms with Gasteiger partial charge in [0.25, 0.3) is 0 Å². The molecular weight excluding hydrogens is 246 g/mol. The van der Waals surface area contributed by atoms with Crippen molar-refractivity contribution in [2.45, 2.75) is 4.90 Å². The van der Waals surface area contributed by atoms with Gasteiger partial charge in [-0.05, 0) is 36.2 Å². The average molecular weight is 257 g/mol. The van der Waals surface area contributed by atoms with Gasteiger partial charge in [-0.1, -0.05) is 12.1 Å². The zero-order chi connectivity index (χ0) is 12.5. The lowest BCUT2D eigenvalue weighted by molar-refractivity contribution is -0.114. The first-order valence-electron chi connectivity index (χ1n) is 5.53. The van der Waals surface area contributed by atoms with Gasteiger partial charge in [-0.15, -0.1) is 0 Å². The van der Waals surface area contributed by atoms with Crippen molar-refractivity contribution in [3.8, 4) is 0 Å². The van der Waals surface area contributed by atoms with Crippen LogP contribution in [0.2, 0.25) is 0 Å². The van der Waals surface area contributed by atoms with Crippen LogP contribution in [0.4, 0.5) is 5.69 Å². The molecule has 2 aliphatic heterocycles. The molecule has 5 heteroatoms. The number of hydrogen-bond donors (Lipinski definition) is 1. The van der Waals surface area contributed by atoms with Crippen molar-refractivity contribution in [2.75, 3.05) is 6.54 Å². The number of carbonyl (C=O) groups is 1. The van der Waals surface area contributed by atoms with Crippen molar-refractivity contribution in [2.24, 2.45) is 10.7 Å². The minimum atomic E-state index is -0.375. The highest BCUT2D eigenvalue weighted by molar-refractivity contribution is 7.97. The average Bonchev–Trinajstić information content (AvgIpc) is 2.56. The third-order valence-electron chi connectivity index (χ3n) is 2.78. The van der Waals surface area contributed by atoms with Crippen LogP contribution in [0.5, 0.6) is 0 Å². The zero-order valence-electron chi connectivity index (χ0n) is 9.54. The highest BCUT2D eigenvalue weighted by Gasteiger charge is 2.21. The molecule has 1 aromatic rings. The van der Waals surface area contributed by atoms with Crippen molar-refractivity contribution >= 4 is 29.8 Å². The van der Waals surface area contributed by atoms with Crippen LogP contribution in [-0.2, 0) is 4.79 Å². The lowest BCUT2D eigenvalue weighted by atomic mass is 10.1. The largest absolute Gasteiger partial charge is 0.366 e. The number of nitrogens with two attached hydrogens (primary N) is 1. The van der Waals surface area contributed by atoms with E-state index in [-0.39, 0.29) is 5.91 Å². The summed E-state index contributed by atoms with van der Waals surface area (Å²) in [4.78, 5) is 16.7. The molecule has 0 atom stereocenters. The smallest absolute Gasteiger partial charge is 0.246 e. The van der Waals surface area contributed by atoms with Crippen LogP contribution < -0.4 is 5.73 Å². The summed E-state index contributed by atoms with van der Waals surface area (Å²) >= 11 is 1.57. The first-order chi connectivity index (χ1) is 8.74. The molecule has 0 aromatic heterocycles. The molecule has 2 aliphatic rings. The summed E-state index contributed by atoms with van der Waals surface area (Å²) in [6.07, 6.45) is 5.44. The predicted molar refractivity (Wildman–Crippen MR) is 72.5 cm³/mol. The van der Waals surface area contributed by atoms with E-state index in [0.29, 0.717) is 12.1 Å². The first-order valence-corrected chi connectivity index (χ1v) is 6.30. The minimum absolute atomic E-state index is 0.375.